The van der Waals surface area contributed by atoms with Gasteiger partial charge in [0, 0.05) is 34.2 Å². The van der Waals surface area contributed by atoms with Gasteiger partial charge in [-0.25, -0.2) is 4.79 Å². The summed E-state index contributed by atoms with van der Waals surface area (Å²) in [7, 11) is 0. The predicted octanol–water partition coefficient (Wildman–Crippen LogP) is 0.619. The van der Waals surface area contributed by atoms with Crippen LogP contribution in [0.4, 0.5) is 4.79 Å². The predicted molar refractivity (Wildman–Crippen MR) is 146 cm³/mol. The first-order valence-corrected chi connectivity index (χ1v) is 13.7. The van der Waals surface area contributed by atoms with E-state index < -0.39 is 60.6 Å². The van der Waals surface area contributed by atoms with E-state index in [4.69, 9.17) is 37.9 Å². The zero-order chi connectivity index (χ0) is 31.6. The topological polar surface area (TPSA) is 183 Å². The average Bonchev–Trinajstić information content (AvgIpc) is 2.94. The van der Waals surface area contributed by atoms with Gasteiger partial charge in [-0.1, -0.05) is 30.3 Å². The maximum Gasteiger partial charge on any atom is 0.407 e. The molecule has 0 saturated carbocycles. The van der Waals surface area contributed by atoms with Crippen LogP contribution in [0.1, 0.15) is 33.3 Å². The monoisotopic (exact) mass is 612 g/mol. The first-order valence-electron chi connectivity index (χ1n) is 13.7. The molecule has 15 nitrogen and oxygen atoms in total. The van der Waals surface area contributed by atoms with Crippen LogP contribution in [0.3, 0.4) is 0 Å². The van der Waals surface area contributed by atoms with E-state index in [0.29, 0.717) is 0 Å². The van der Waals surface area contributed by atoms with Gasteiger partial charge in [-0.15, -0.1) is 0 Å². The fraction of sp³-hybridized carbons (Fsp3) is 0.607. The smallest absolute Gasteiger partial charge is 0.407 e. The van der Waals surface area contributed by atoms with Crippen LogP contribution in [-0.2, 0) is 63.7 Å². The van der Waals surface area contributed by atoms with Gasteiger partial charge in [0.1, 0.15) is 25.4 Å². The van der Waals surface area contributed by atoms with Crippen LogP contribution >= 0.6 is 0 Å². The number of hydrogen-bond acceptors (Lipinski definition) is 13. The van der Waals surface area contributed by atoms with Gasteiger partial charge in [0.25, 0.3) is 0 Å². The summed E-state index contributed by atoms with van der Waals surface area (Å²) in [6.07, 6.45) is -5.19. The van der Waals surface area contributed by atoms with Crippen molar-refractivity contribution in [2.24, 2.45) is 0 Å². The summed E-state index contributed by atoms with van der Waals surface area (Å²) in [5.41, 5.74) is 0.882. The maximum absolute atomic E-state index is 12.0. The van der Waals surface area contributed by atoms with E-state index in [-0.39, 0.29) is 52.8 Å². The molecule has 0 radical (unpaired) electrons. The van der Waals surface area contributed by atoms with E-state index in [1.54, 1.807) is 0 Å². The SMILES string of the molecule is CC(=O)N[C@H]1C(OCCOCCOCCNC(=O)OCc2ccccc2)O[C@H](COC(C)=O)[C@H](OC(C)=O)[C@@H]1OC(C)=O. The van der Waals surface area contributed by atoms with Gasteiger partial charge in [0.15, 0.2) is 18.5 Å². The Bertz CT molecular complexity index is 1040. The van der Waals surface area contributed by atoms with Crippen LogP contribution in [0, 0.1) is 0 Å². The molecule has 1 aliphatic rings. The molecule has 240 valence electrons. The summed E-state index contributed by atoms with van der Waals surface area (Å²) in [5.74, 6) is -2.49. The molecule has 1 aromatic carbocycles. The van der Waals surface area contributed by atoms with Gasteiger partial charge < -0.3 is 48.5 Å². The standard InChI is InChI=1S/C28H40N2O13/c1-18(31)30-24-26(42-21(4)34)25(41-20(3)33)23(17-39-19(2)32)43-27(24)38-15-14-37-13-12-36-11-10-29-28(35)40-16-22-8-6-5-7-9-22/h5-9,23-27H,10-17H2,1-4H3,(H,29,35)(H,30,31)/t23-,24-,25+,26-,27?/m1/s1. The van der Waals surface area contributed by atoms with Crippen molar-refractivity contribution in [3.05, 3.63) is 35.9 Å². The number of nitrogens with one attached hydrogen (secondary N) is 2. The lowest BCUT2D eigenvalue weighted by Gasteiger charge is -2.44. The third-order valence-corrected chi connectivity index (χ3v) is 5.68. The largest absolute Gasteiger partial charge is 0.463 e. The molecule has 0 bridgehead atoms. The molecule has 0 spiro atoms. The van der Waals surface area contributed by atoms with E-state index in [1.165, 1.54) is 13.8 Å². The third-order valence-electron chi connectivity index (χ3n) is 5.68. The Morgan fingerprint density at radius 2 is 1.40 bits per heavy atom. The normalized spacial score (nSPS) is 21.3. The van der Waals surface area contributed by atoms with Gasteiger partial charge in [0.2, 0.25) is 5.91 Å². The van der Waals surface area contributed by atoms with Crippen molar-refractivity contribution in [3.63, 3.8) is 0 Å². The van der Waals surface area contributed by atoms with Gasteiger partial charge in [-0.2, -0.15) is 0 Å². The number of amides is 2. The lowest BCUT2D eigenvalue weighted by atomic mass is 9.96. The van der Waals surface area contributed by atoms with Crippen molar-refractivity contribution in [2.75, 3.05) is 46.2 Å². The Morgan fingerprint density at radius 1 is 0.767 bits per heavy atom. The van der Waals surface area contributed by atoms with Crippen molar-refractivity contribution in [3.8, 4) is 0 Å². The van der Waals surface area contributed by atoms with Crippen molar-refractivity contribution >= 4 is 29.9 Å². The zero-order valence-corrected chi connectivity index (χ0v) is 24.7. The quantitative estimate of drug-likeness (QED) is 0.142. The summed E-state index contributed by atoms with van der Waals surface area (Å²) in [6, 6.07) is 8.24. The highest BCUT2D eigenvalue weighted by Crippen LogP contribution is 2.28. The Balaban J connectivity index is 1.78. The number of ether oxygens (including phenoxy) is 8. The van der Waals surface area contributed by atoms with Gasteiger partial charge in [0.05, 0.1) is 33.0 Å². The molecule has 43 heavy (non-hydrogen) atoms. The molecule has 2 amide bonds. The van der Waals surface area contributed by atoms with E-state index in [2.05, 4.69) is 10.6 Å². The zero-order valence-electron chi connectivity index (χ0n) is 24.7. The highest BCUT2D eigenvalue weighted by Gasteiger charge is 2.51. The van der Waals surface area contributed by atoms with E-state index in [9.17, 15) is 24.0 Å². The summed E-state index contributed by atoms with van der Waals surface area (Å²) >= 11 is 0. The molecule has 1 aromatic rings. The molecule has 1 heterocycles. The molecule has 1 saturated heterocycles. The molecule has 1 unspecified atom stereocenters. The maximum atomic E-state index is 12.0. The van der Waals surface area contributed by atoms with E-state index in [1.807, 2.05) is 30.3 Å². The first-order chi connectivity index (χ1) is 20.6. The number of hydrogen-bond donors (Lipinski definition) is 2. The lowest BCUT2D eigenvalue weighted by Crippen LogP contribution is -2.66. The summed E-state index contributed by atoms with van der Waals surface area (Å²) in [4.78, 5) is 58.8. The Labute approximate surface area is 249 Å². The molecule has 5 atom stereocenters. The first kappa shape index (κ1) is 35.4. The second-order valence-electron chi connectivity index (χ2n) is 9.30. The number of carbonyl (C=O) groups is 5. The van der Waals surface area contributed by atoms with Crippen LogP contribution in [0.15, 0.2) is 30.3 Å². The fourth-order valence-corrected chi connectivity index (χ4v) is 3.98. The lowest BCUT2D eigenvalue weighted by molar-refractivity contribution is -0.279. The molecule has 15 heteroatoms. The Kier molecular flexibility index (Phi) is 16.0. The molecule has 1 aliphatic heterocycles. The molecule has 0 aromatic heterocycles. The van der Waals surface area contributed by atoms with Crippen LogP contribution in [0.2, 0.25) is 0 Å². The number of alkyl carbamates (subject to hydrolysis) is 1. The molecular weight excluding hydrogens is 572 g/mol. The molecule has 2 N–H and O–H groups in total. The number of esters is 3. The molecule has 0 aliphatic carbocycles. The highest BCUT2D eigenvalue weighted by molar-refractivity contribution is 5.73. The highest BCUT2D eigenvalue weighted by atomic mass is 16.7. The minimum absolute atomic E-state index is 0.000864. The van der Waals surface area contributed by atoms with Gasteiger partial charge in [-0.3, -0.25) is 19.2 Å². The van der Waals surface area contributed by atoms with Crippen LogP contribution in [0.25, 0.3) is 0 Å². The average molecular weight is 613 g/mol. The van der Waals surface area contributed by atoms with Crippen LogP contribution in [0.5, 0.6) is 0 Å². The fourth-order valence-electron chi connectivity index (χ4n) is 3.98. The second kappa shape index (κ2) is 19.4. The van der Waals surface area contributed by atoms with Crippen molar-refractivity contribution < 1.29 is 61.9 Å². The summed E-state index contributed by atoms with van der Waals surface area (Å²) in [5, 5.41) is 5.20. The Morgan fingerprint density at radius 3 is 2.02 bits per heavy atom. The van der Waals surface area contributed by atoms with Crippen LogP contribution < -0.4 is 10.6 Å². The number of benzene rings is 1. The van der Waals surface area contributed by atoms with Crippen molar-refractivity contribution in [1.82, 2.24) is 10.6 Å². The van der Waals surface area contributed by atoms with E-state index >= 15 is 0 Å². The number of rotatable bonds is 17. The minimum atomic E-state index is -1.21. The number of carbonyl (C=O) groups excluding carboxylic acids is 5. The van der Waals surface area contributed by atoms with E-state index in [0.717, 1.165) is 19.4 Å². The van der Waals surface area contributed by atoms with Gasteiger partial charge >= 0.3 is 24.0 Å². The second-order valence-corrected chi connectivity index (χ2v) is 9.30. The van der Waals surface area contributed by atoms with Gasteiger partial charge in [-0.05, 0) is 5.56 Å². The van der Waals surface area contributed by atoms with Crippen LogP contribution in [-0.4, -0.2) is 107 Å². The minimum Gasteiger partial charge on any atom is -0.463 e. The molecule has 1 fully saturated rings. The van der Waals surface area contributed by atoms with Crippen molar-refractivity contribution in [1.29, 1.82) is 0 Å². The summed E-state index contributed by atoms with van der Waals surface area (Å²) < 4.78 is 43.5. The summed E-state index contributed by atoms with van der Waals surface area (Å²) in [6.45, 7) is 5.69. The molecule has 2 rings (SSSR count). The van der Waals surface area contributed by atoms with Crippen molar-refractivity contribution in [2.45, 2.75) is 64.9 Å². The molecular formula is C28H40N2O13. The Hall–Kier alpha value is -3.79. The third kappa shape index (κ3) is 14.3.